The van der Waals surface area contributed by atoms with Gasteiger partial charge in [0.15, 0.2) is 0 Å². The van der Waals surface area contributed by atoms with Crippen LogP contribution in [0.25, 0.3) is 0 Å². The quantitative estimate of drug-likeness (QED) is 0.905. The first-order chi connectivity index (χ1) is 10.1. The normalized spacial score (nSPS) is 21.8. The molecule has 4 heteroatoms. The Bertz CT molecular complexity index is 710. The van der Waals surface area contributed by atoms with Gasteiger partial charge in [-0.05, 0) is 29.3 Å². The molecule has 1 aliphatic heterocycles. The maximum absolute atomic E-state index is 10.7. The fourth-order valence-corrected chi connectivity index (χ4v) is 3.11. The topological polar surface area (TPSA) is 53.2 Å². The minimum atomic E-state index is -0.963. The van der Waals surface area contributed by atoms with Crippen LogP contribution in [0, 0.1) is 16.7 Å². The van der Waals surface area contributed by atoms with Crippen molar-refractivity contribution in [2.75, 3.05) is 6.61 Å². The number of para-hydroxylation sites is 1. The smallest absolute Gasteiger partial charge is 0.125 e. The summed E-state index contributed by atoms with van der Waals surface area (Å²) in [6.45, 7) is 0.189. The number of fused-ring (bicyclic) bond motifs is 1. The molecule has 0 radical (unpaired) electrons. The average Bonchev–Trinajstić information content (AvgIpc) is 2.53. The molecule has 0 spiro atoms. The van der Waals surface area contributed by atoms with E-state index in [0.29, 0.717) is 12.0 Å². The van der Waals surface area contributed by atoms with E-state index in [4.69, 9.17) is 4.74 Å². The molecule has 1 heterocycles. The summed E-state index contributed by atoms with van der Waals surface area (Å²) in [5.41, 5.74) is 0.711. The number of rotatable bonds is 2. The minimum Gasteiger partial charge on any atom is -0.492 e. The maximum Gasteiger partial charge on any atom is 0.125 e. The Kier molecular flexibility index (Phi) is 3.71. The Morgan fingerprint density at radius 1 is 1.24 bits per heavy atom. The van der Waals surface area contributed by atoms with E-state index < -0.39 is 11.5 Å². The molecule has 3 rings (SSSR count). The van der Waals surface area contributed by atoms with E-state index in [0.717, 1.165) is 15.8 Å². The zero-order valence-corrected chi connectivity index (χ0v) is 12.9. The third-order valence-corrected chi connectivity index (χ3v) is 4.37. The lowest BCUT2D eigenvalue weighted by molar-refractivity contribution is 0.0171. The van der Waals surface area contributed by atoms with Gasteiger partial charge >= 0.3 is 0 Å². The van der Waals surface area contributed by atoms with Crippen LogP contribution in [-0.2, 0) is 6.42 Å². The highest BCUT2D eigenvalue weighted by molar-refractivity contribution is 9.10. The zero-order chi connectivity index (χ0) is 14.9. The summed E-state index contributed by atoms with van der Waals surface area (Å²) >= 11 is 3.39. The van der Waals surface area contributed by atoms with Crippen LogP contribution in [0.3, 0.4) is 0 Å². The van der Waals surface area contributed by atoms with E-state index in [1.807, 2.05) is 48.5 Å². The first-order valence-electron chi connectivity index (χ1n) is 6.70. The fourth-order valence-electron chi connectivity index (χ4n) is 2.69. The van der Waals surface area contributed by atoms with Gasteiger partial charge in [0.25, 0.3) is 0 Å². The van der Waals surface area contributed by atoms with E-state index in [-0.39, 0.29) is 6.61 Å². The summed E-state index contributed by atoms with van der Waals surface area (Å²) in [5, 5.41) is 20.4. The van der Waals surface area contributed by atoms with Crippen molar-refractivity contribution in [1.82, 2.24) is 0 Å². The average molecular weight is 344 g/mol. The molecule has 106 valence electrons. The van der Waals surface area contributed by atoms with Gasteiger partial charge in [0.2, 0.25) is 0 Å². The molecule has 21 heavy (non-hydrogen) atoms. The molecule has 0 amide bonds. The van der Waals surface area contributed by atoms with Crippen molar-refractivity contribution >= 4 is 15.9 Å². The number of nitriles is 1. The van der Waals surface area contributed by atoms with Crippen molar-refractivity contribution in [3.8, 4) is 11.8 Å². The molecular formula is C17H14BrNO2. The van der Waals surface area contributed by atoms with Gasteiger partial charge in [-0.1, -0.05) is 46.3 Å². The highest BCUT2D eigenvalue weighted by Gasteiger charge is 2.43. The summed E-state index contributed by atoms with van der Waals surface area (Å²) in [5.74, 6) is 0.796. The Morgan fingerprint density at radius 2 is 2.05 bits per heavy atom. The second-order valence-electron chi connectivity index (χ2n) is 5.30. The van der Waals surface area contributed by atoms with Gasteiger partial charge in [-0.3, -0.25) is 0 Å². The second kappa shape index (κ2) is 5.51. The van der Waals surface area contributed by atoms with Crippen LogP contribution in [0.5, 0.6) is 5.75 Å². The monoisotopic (exact) mass is 343 g/mol. The Balaban J connectivity index is 1.97. The van der Waals surface area contributed by atoms with Crippen LogP contribution in [-0.4, -0.2) is 11.7 Å². The van der Waals surface area contributed by atoms with E-state index in [1.54, 1.807) is 0 Å². The molecular weight excluding hydrogens is 330 g/mol. The summed E-state index contributed by atoms with van der Waals surface area (Å²) < 4.78 is 6.59. The van der Waals surface area contributed by atoms with Crippen molar-refractivity contribution in [3.05, 3.63) is 64.1 Å². The molecule has 0 fully saturated rings. The first-order valence-corrected chi connectivity index (χ1v) is 7.49. The summed E-state index contributed by atoms with van der Waals surface area (Å²) in [4.78, 5) is 0. The van der Waals surface area contributed by atoms with Crippen molar-refractivity contribution in [3.63, 3.8) is 0 Å². The van der Waals surface area contributed by atoms with E-state index >= 15 is 0 Å². The van der Waals surface area contributed by atoms with Crippen LogP contribution >= 0.6 is 15.9 Å². The SMILES string of the molecule is N#CC1(C(O)c2cccc(Br)c2)COc2ccccc2C1. The molecule has 0 aliphatic carbocycles. The molecule has 1 aliphatic rings. The lowest BCUT2D eigenvalue weighted by Gasteiger charge is -2.36. The molecule has 0 bridgehead atoms. The lowest BCUT2D eigenvalue weighted by Crippen LogP contribution is -2.39. The van der Waals surface area contributed by atoms with Crippen LogP contribution < -0.4 is 4.74 Å². The van der Waals surface area contributed by atoms with E-state index in [1.165, 1.54) is 0 Å². The molecule has 2 atom stereocenters. The highest BCUT2D eigenvalue weighted by atomic mass is 79.9. The number of hydrogen-bond acceptors (Lipinski definition) is 3. The predicted octanol–water partition coefficient (Wildman–Crippen LogP) is 3.63. The molecule has 0 saturated heterocycles. The number of aliphatic hydroxyl groups is 1. The molecule has 2 aromatic rings. The van der Waals surface area contributed by atoms with Gasteiger partial charge in [-0.25, -0.2) is 0 Å². The van der Waals surface area contributed by atoms with Gasteiger partial charge in [0, 0.05) is 10.9 Å². The zero-order valence-electron chi connectivity index (χ0n) is 11.3. The molecule has 2 unspecified atom stereocenters. The minimum absolute atomic E-state index is 0.189. The molecule has 1 N–H and O–H groups in total. The predicted molar refractivity (Wildman–Crippen MR) is 82.8 cm³/mol. The molecule has 3 nitrogen and oxygen atoms in total. The number of benzene rings is 2. The second-order valence-corrected chi connectivity index (χ2v) is 6.21. The third-order valence-electron chi connectivity index (χ3n) is 3.87. The van der Waals surface area contributed by atoms with Crippen molar-refractivity contribution in [2.24, 2.45) is 5.41 Å². The van der Waals surface area contributed by atoms with Gasteiger partial charge in [0.05, 0.1) is 6.07 Å². The first kappa shape index (κ1) is 14.1. The Hall–Kier alpha value is -1.83. The number of halogens is 1. The van der Waals surface area contributed by atoms with Gasteiger partial charge in [-0.2, -0.15) is 5.26 Å². The number of nitrogens with zero attached hydrogens (tertiary/aromatic N) is 1. The van der Waals surface area contributed by atoms with Crippen LogP contribution in [0.15, 0.2) is 53.0 Å². The Labute approximate surface area is 131 Å². The number of ether oxygens (including phenoxy) is 1. The van der Waals surface area contributed by atoms with E-state index in [9.17, 15) is 10.4 Å². The largest absolute Gasteiger partial charge is 0.492 e. The van der Waals surface area contributed by atoms with Gasteiger partial charge in [0.1, 0.15) is 23.9 Å². The molecule has 2 aromatic carbocycles. The number of aliphatic hydroxyl groups excluding tert-OH is 1. The van der Waals surface area contributed by atoms with Gasteiger partial charge in [-0.15, -0.1) is 0 Å². The summed E-state index contributed by atoms with van der Waals surface area (Å²) in [7, 11) is 0. The standard InChI is InChI=1S/C17H14BrNO2/c18-14-6-3-5-12(8-14)16(20)17(10-19)9-13-4-1-2-7-15(13)21-11-17/h1-8,16,20H,9,11H2. The van der Waals surface area contributed by atoms with Crippen LogP contribution in [0.2, 0.25) is 0 Å². The van der Waals surface area contributed by atoms with E-state index in [2.05, 4.69) is 22.0 Å². The maximum atomic E-state index is 10.7. The third kappa shape index (κ3) is 2.55. The Morgan fingerprint density at radius 3 is 2.81 bits per heavy atom. The highest BCUT2D eigenvalue weighted by Crippen LogP contribution is 2.42. The van der Waals surface area contributed by atoms with Crippen molar-refractivity contribution < 1.29 is 9.84 Å². The van der Waals surface area contributed by atoms with Crippen LogP contribution in [0.1, 0.15) is 17.2 Å². The number of hydrogen-bond donors (Lipinski definition) is 1. The lowest BCUT2D eigenvalue weighted by atomic mass is 9.74. The molecule has 0 saturated carbocycles. The fraction of sp³-hybridized carbons (Fsp3) is 0.235. The van der Waals surface area contributed by atoms with Crippen LogP contribution in [0.4, 0.5) is 0 Å². The molecule has 0 aromatic heterocycles. The summed E-state index contributed by atoms with van der Waals surface area (Å²) in [6, 6.07) is 17.3. The van der Waals surface area contributed by atoms with Gasteiger partial charge < -0.3 is 9.84 Å². The summed E-state index contributed by atoms with van der Waals surface area (Å²) in [6.07, 6.45) is -0.416. The van der Waals surface area contributed by atoms with Crippen molar-refractivity contribution in [2.45, 2.75) is 12.5 Å². The van der Waals surface area contributed by atoms with Crippen molar-refractivity contribution in [1.29, 1.82) is 5.26 Å².